The van der Waals surface area contributed by atoms with Gasteiger partial charge in [-0.05, 0) is 40.9 Å². The third kappa shape index (κ3) is 2.03. The van der Waals surface area contributed by atoms with Crippen LogP contribution in [0.15, 0.2) is 46.2 Å². The SMILES string of the molecule is O=S(=O)(c1ccccc1Br)N1C2CCC1c1cncnc1C2. The predicted molar refractivity (Wildman–Crippen MR) is 84.7 cm³/mol. The highest BCUT2D eigenvalue weighted by molar-refractivity contribution is 9.10. The second kappa shape index (κ2) is 5.11. The molecule has 0 saturated carbocycles. The van der Waals surface area contributed by atoms with E-state index in [4.69, 9.17) is 0 Å². The summed E-state index contributed by atoms with van der Waals surface area (Å²) in [5, 5.41) is 0. The first kappa shape index (κ1) is 14.3. The van der Waals surface area contributed by atoms with Crippen molar-refractivity contribution < 1.29 is 8.42 Å². The van der Waals surface area contributed by atoms with Crippen molar-refractivity contribution in [1.29, 1.82) is 0 Å². The summed E-state index contributed by atoms with van der Waals surface area (Å²) >= 11 is 3.36. The molecule has 7 heteroatoms. The molecule has 0 amide bonds. The molecule has 2 bridgehead atoms. The fourth-order valence-corrected chi connectivity index (χ4v) is 6.33. The maximum atomic E-state index is 13.1. The first-order valence-electron chi connectivity index (χ1n) is 7.16. The zero-order valence-corrected chi connectivity index (χ0v) is 14.1. The van der Waals surface area contributed by atoms with E-state index in [1.165, 1.54) is 6.33 Å². The molecule has 1 saturated heterocycles. The van der Waals surface area contributed by atoms with Gasteiger partial charge in [-0.1, -0.05) is 12.1 Å². The van der Waals surface area contributed by atoms with Gasteiger partial charge in [0.2, 0.25) is 10.0 Å². The van der Waals surface area contributed by atoms with E-state index < -0.39 is 10.0 Å². The minimum absolute atomic E-state index is 0.00972. The Kier molecular flexibility index (Phi) is 3.32. The highest BCUT2D eigenvalue weighted by Gasteiger charge is 2.47. The molecule has 1 aromatic heterocycles. The number of aromatic nitrogens is 2. The van der Waals surface area contributed by atoms with Gasteiger partial charge in [0.1, 0.15) is 6.33 Å². The number of halogens is 1. The Morgan fingerprint density at radius 1 is 1.23 bits per heavy atom. The molecule has 0 aliphatic carbocycles. The minimum Gasteiger partial charge on any atom is -0.244 e. The van der Waals surface area contributed by atoms with Gasteiger partial charge in [-0.25, -0.2) is 18.4 Å². The van der Waals surface area contributed by atoms with Gasteiger partial charge in [0.05, 0.1) is 16.6 Å². The van der Waals surface area contributed by atoms with Crippen LogP contribution in [0.5, 0.6) is 0 Å². The van der Waals surface area contributed by atoms with Crippen LogP contribution >= 0.6 is 15.9 Å². The van der Waals surface area contributed by atoms with Gasteiger partial charge >= 0.3 is 0 Å². The van der Waals surface area contributed by atoms with E-state index in [0.29, 0.717) is 15.8 Å². The molecular formula is C15H14BrN3O2S. The van der Waals surface area contributed by atoms with E-state index in [-0.39, 0.29) is 12.1 Å². The Labute approximate surface area is 137 Å². The molecular weight excluding hydrogens is 366 g/mol. The number of hydrogen-bond acceptors (Lipinski definition) is 4. The minimum atomic E-state index is -3.54. The van der Waals surface area contributed by atoms with E-state index in [1.807, 2.05) is 6.07 Å². The maximum Gasteiger partial charge on any atom is 0.245 e. The molecule has 5 nitrogen and oxygen atoms in total. The average molecular weight is 380 g/mol. The summed E-state index contributed by atoms with van der Waals surface area (Å²) in [6.45, 7) is 0. The van der Waals surface area contributed by atoms with Crippen LogP contribution in [0, 0.1) is 0 Å². The predicted octanol–water partition coefficient (Wildman–Crippen LogP) is 2.69. The summed E-state index contributed by atoms with van der Waals surface area (Å²) in [4.78, 5) is 8.73. The fraction of sp³-hybridized carbons (Fsp3) is 0.333. The molecule has 0 N–H and O–H groups in total. The number of fused-ring (bicyclic) bond motifs is 4. The first-order valence-corrected chi connectivity index (χ1v) is 9.39. The van der Waals surface area contributed by atoms with Crippen molar-refractivity contribution in [2.75, 3.05) is 0 Å². The molecule has 2 aliphatic rings. The van der Waals surface area contributed by atoms with E-state index in [9.17, 15) is 8.42 Å². The van der Waals surface area contributed by atoms with Crippen LogP contribution in [-0.4, -0.2) is 28.7 Å². The second-order valence-electron chi connectivity index (χ2n) is 5.64. The summed E-state index contributed by atoms with van der Waals surface area (Å²) < 4.78 is 28.5. The number of sulfonamides is 1. The van der Waals surface area contributed by atoms with Gasteiger partial charge in [0.15, 0.2) is 0 Å². The molecule has 1 fully saturated rings. The summed E-state index contributed by atoms with van der Waals surface area (Å²) in [6.07, 6.45) is 5.66. The summed E-state index contributed by atoms with van der Waals surface area (Å²) in [5.74, 6) is 0. The first-order chi connectivity index (χ1) is 10.6. The summed E-state index contributed by atoms with van der Waals surface area (Å²) in [6, 6.07) is 6.82. The summed E-state index contributed by atoms with van der Waals surface area (Å²) in [5.41, 5.74) is 1.94. The topological polar surface area (TPSA) is 63.2 Å². The maximum absolute atomic E-state index is 13.1. The number of hydrogen-bond donors (Lipinski definition) is 0. The van der Waals surface area contributed by atoms with Crippen LogP contribution < -0.4 is 0 Å². The molecule has 3 heterocycles. The molecule has 1 aromatic carbocycles. The van der Waals surface area contributed by atoms with E-state index in [0.717, 1.165) is 24.1 Å². The van der Waals surface area contributed by atoms with E-state index >= 15 is 0 Å². The van der Waals surface area contributed by atoms with Crippen molar-refractivity contribution in [1.82, 2.24) is 14.3 Å². The zero-order valence-electron chi connectivity index (χ0n) is 11.7. The second-order valence-corrected chi connectivity index (χ2v) is 8.31. The monoisotopic (exact) mass is 379 g/mol. The van der Waals surface area contributed by atoms with Crippen molar-refractivity contribution in [3.05, 3.63) is 52.5 Å². The van der Waals surface area contributed by atoms with E-state index in [2.05, 4.69) is 25.9 Å². The molecule has 114 valence electrons. The molecule has 0 radical (unpaired) electrons. The van der Waals surface area contributed by atoms with Crippen molar-refractivity contribution in [3.63, 3.8) is 0 Å². The standard InChI is InChI=1S/C15H14BrN3O2S/c16-12-3-1-2-4-15(12)22(20,21)19-10-5-6-14(19)11-8-17-9-18-13(11)7-10/h1-4,8-10,14H,5-7H2. The van der Waals surface area contributed by atoms with Gasteiger partial charge < -0.3 is 0 Å². The van der Waals surface area contributed by atoms with Crippen molar-refractivity contribution in [2.45, 2.75) is 36.2 Å². The Morgan fingerprint density at radius 3 is 2.86 bits per heavy atom. The number of nitrogens with zero attached hydrogens (tertiary/aromatic N) is 3. The third-order valence-electron chi connectivity index (χ3n) is 4.45. The molecule has 4 rings (SSSR count). The third-order valence-corrected chi connectivity index (χ3v) is 7.42. The van der Waals surface area contributed by atoms with Gasteiger partial charge in [-0.15, -0.1) is 0 Å². The van der Waals surface area contributed by atoms with Crippen LogP contribution in [-0.2, 0) is 16.4 Å². The molecule has 2 unspecified atom stereocenters. The Bertz CT molecular complexity index is 840. The highest BCUT2D eigenvalue weighted by Crippen LogP contribution is 2.46. The lowest BCUT2D eigenvalue weighted by Gasteiger charge is -2.34. The smallest absolute Gasteiger partial charge is 0.244 e. The lowest BCUT2D eigenvalue weighted by atomic mass is 10.0. The Hall–Kier alpha value is -1.31. The largest absolute Gasteiger partial charge is 0.245 e. The fourth-order valence-electron chi connectivity index (χ4n) is 3.51. The van der Waals surface area contributed by atoms with Crippen LogP contribution in [0.3, 0.4) is 0 Å². The average Bonchev–Trinajstić information content (AvgIpc) is 2.84. The van der Waals surface area contributed by atoms with Crippen LogP contribution in [0.2, 0.25) is 0 Å². The molecule has 2 atom stereocenters. The van der Waals surface area contributed by atoms with Gasteiger partial charge in [0, 0.05) is 28.7 Å². The number of benzene rings is 1. The van der Waals surface area contributed by atoms with Crippen LogP contribution in [0.1, 0.15) is 30.1 Å². The summed E-state index contributed by atoms with van der Waals surface area (Å²) in [7, 11) is -3.54. The Morgan fingerprint density at radius 2 is 2.05 bits per heavy atom. The van der Waals surface area contributed by atoms with Crippen LogP contribution in [0.4, 0.5) is 0 Å². The lowest BCUT2D eigenvalue weighted by Crippen LogP contribution is -2.42. The van der Waals surface area contributed by atoms with Gasteiger partial charge in [0.25, 0.3) is 0 Å². The van der Waals surface area contributed by atoms with E-state index in [1.54, 1.807) is 28.7 Å². The van der Waals surface area contributed by atoms with Crippen LogP contribution in [0.25, 0.3) is 0 Å². The van der Waals surface area contributed by atoms with Crippen molar-refractivity contribution in [2.24, 2.45) is 0 Å². The van der Waals surface area contributed by atoms with Crippen molar-refractivity contribution >= 4 is 26.0 Å². The highest BCUT2D eigenvalue weighted by atomic mass is 79.9. The molecule has 22 heavy (non-hydrogen) atoms. The van der Waals surface area contributed by atoms with Gasteiger partial charge in [-0.3, -0.25) is 0 Å². The van der Waals surface area contributed by atoms with Crippen molar-refractivity contribution in [3.8, 4) is 0 Å². The quantitative estimate of drug-likeness (QED) is 0.804. The Balaban J connectivity index is 1.83. The molecule has 2 aliphatic heterocycles. The normalized spacial score (nSPS) is 24.2. The molecule has 2 aromatic rings. The molecule has 0 spiro atoms. The van der Waals surface area contributed by atoms with Gasteiger partial charge in [-0.2, -0.15) is 4.31 Å². The zero-order chi connectivity index (χ0) is 15.3. The lowest BCUT2D eigenvalue weighted by molar-refractivity contribution is 0.300. The number of rotatable bonds is 2.